The first-order valence-electron chi connectivity index (χ1n) is 5.82. The van der Waals surface area contributed by atoms with Gasteiger partial charge < -0.3 is 10.2 Å². The van der Waals surface area contributed by atoms with Gasteiger partial charge in [-0.25, -0.2) is 0 Å². The first-order chi connectivity index (χ1) is 8.56. The Morgan fingerprint density at radius 3 is 2.94 bits per heavy atom. The van der Waals surface area contributed by atoms with Crippen molar-refractivity contribution < 1.29 is 9.59 Å². The molecule has 98 valence electrons. The third-order valence-electron chi connectivity index (χ3n) is 3.01. The van der Waals surface area contributed by atoms with Crippen LogP contribution >= 0.6 is 22.9 Å². The van der Waals surface area contributed by atoms with Crippen LogP contribution < -0.4 is 5.32 Å². The van der Waals surface area contributed by atoms with Gasteiger partial charge in [-0.3, -0.25) is 9.59 Å². The molecule has 0 unspecified atom stereocenters. The molecule has 2 amide bonds. The molecule has 0 aromatic carbocycles. The standard InChI is InChI=1S/C12H15ClN2O2S/c1-15(7-9-3-4-10(13)18-9)12(17)8-2-5-11(16)14-6-8/h3-4,8H,2,5-7H2,1H3,(H,14,16)/t8-/m1/s1. The third kappa shape index (κ3) is 3.23. The van der Waals surface area contributed by atoms with E-state index in [0.717, 1.165) is 9.21 Å². The van der Waals surface area contributed by atoms with E-state index in [-0.39, 0.29) is 17.7 Å². The van der Waals surface area contributed by atoms with Crippen LogP contribution in [-0.2, 0) is 16.1 Å². The summed E-state index contributed by atoms with van der Waals surface area (Å²) in [7, 11) is 1.78. The van der Waals surface area contributed by atoms with Crippen LogP contribution in [0.2, 0.25) is 4.34 Å². The van der Waals surface area contributed by atoms with Gasteiger partial charge in [-0.05, 0) is 18.6 Å². The van der Waals surface area contributed by atoms with Gasteiger partial charge >= 0.3 is 0 Å². The summed E-state index contributed by atoms with van der Waals surface area (Å²) in [5, 5.41) is 2.73. The lowest BCUT2D eigenvalue weighted by Gasteiger charge is -2.26. The van der Waals surface area contributed by atoms with Crippen LogP contribution in [0.5, 0.6) is 0 Å². The van der Waals surface area contributed by atoms with Gasteiger partial charge in [0.25, 0.3) is 0 Å². The van der Waals surface area contributed by atoms with Crippen LogP contribution in [0.25, 0.3) is 0 Å². The molecule has 6 heteroatoms. The smallest absolute Gasteiger partial charge is 0.227 e. The Morgan fingerprint density at radius 2 is 2.39 bits per heavy atom. The maximum Gasteiger partial charge on any atom is 0.227 e. The zero-order valence-electron chi connectivity index (χ0n) is 10.1. The second kappa shape index (κ2) is 5.71. The predicted octanol–water partition coefficient (Wildman–Crippen LogP) is 1.89. The van der Waals surface area contributed by atoms with Gasteiger partial charge in [0.1, 0.15) is 0 Å². The molecule has 1 fully saturated rings. The van der Waals surface area contributed by atoms with E-state index in [1.54, 1.807) is 11.9 Å². The molecular weight excluding hydrogens is 272 g/mol. The van der Waals surface area contributed by atoms with Crippen molar-refractivity contribution in [2.24, 2.45) is 5.92 Å². The van der Waals surface area contributed by atoms with E-state index < -0.39 is 0 Å². The molecule has 1 N–H and O–H groups in total. The molecule has 4 nitrogen and oxygen atoms in total. The first kappa shape index (κ1) is 13.4. The van der Waals surface area contributed by atoms with Crippen molar-refractivity contribution in [3.63, 3.8) is 0 Å². The van der Waals surface area contributed by atoms with Crippen molar-refractivity contribution in [1.29, 1.82) is 0 Å². The molecular formula is C12H15ClN2O2S. The highest BCUT2D eigenvalue weighted by Crippen LogP contribution is 2.23. The number of halogens is 1. The minimum atomic E-state index is -0.0943. The van der Waals surface area contributed by atoms with Gasteiger partial charge in [0.05, 0.1) is 16.8 Å². The largest absolute Gasteiger partial charge is 0.355 e. The lowest BCUT2D eigenvalue weighted by atomic mass is 9.98. The molecule has 1 aromatic rings. The van der Waals surface area contributed by atoms with Crippen molar-refractivity contribution >= 4 is 34.8 Å². The fourth-order valence-electron chi connectivity index (χ4n) is 2.00. The summed E-state index contributed by atoms with van der Waals surface area (Å²) >= 11 is 7.34. The number of piperidine rings is 1. The molecule has 1 saturated heterocycles. The van der Waals surface area contributed by atoms with Crippen molar-refractivity contribution in [1.82, 2.24) is 10.2 Å². The van der Waals surface area contributed by atoms with E-state index in [9.17, 15) is 9.59 Å². The molecule has 0 spiro atoms. The lowest BCUT2D eigenvalue weighted by Crippen LogP contribution is -2.43. The maximum atomic E-state index is 12.2. The Kier molecular flexibility index (Phi) is 4.24. The van der Waals surface area contributed by atoms with Gasteiger partial charge in [-0.15, -0.1) is 11.3 Å². The van der Waals surface area contributed by atoms with E-state index in [4.69, 9.17) is 11.6 Å². The van der Waals surface area contributed by atoms with Gasteiger partial charge in [0.15, 0.2) is 0 Å². The second-order valence-electron chi connectivity index (χ2n) is 4.44. The molecule has 0 saturated carbocycles. The van der Waals surface area contributed by atoms with E-state index in [1.807, 2.05) is 12.1 Å². The van der Waals surface area contributed by atoms with Crippen LogP contribution in [0, 0.1) is 5.92 Å². The average Bonchev–Trinajstić information content (AvgIpc) is 2.75. The minimum Gasteiger partial charge on any atom is -0.355 e. The number of nitrogens with zero attached hydrogens (tertiary/aromatic N) is 1. The zero-order chi connectivity index (χ0) is 13.1. The van der Waals surface area contributed by atoms with Crippen LogP contribution in [0.4, 0.5) is 0 Å². The fourth-order valence-corrected chi connectivity index (χ4v) is 3.14. The molecule has 0 bridgehead atoms. The zero-order valence-corrected chi connectivity index (χ0v) is 11.7. The second-order valence-corrected chi connectivity index (χ2v) is 6.24. The highest BCUT2D eigenvalue weighted by molar-refractivity contribution is 7.16. The molecule has 1 aliphatic heterocycles. The van der Waals surface area contributed by atoms with Crippen molar-refractivity contribution in [2.75, 3.05) is 13.6 Å². The molecule has 2 rings (SSSR count). The Bertz CT molecular complexity index is 451. The average molecular weight is 287 g/mol. The summed E-state index contributed by atoms with van der Waals surface area (Å²) in [5.41, 5.74) is 0. The third-order valence-corrected chi connectivity index (χ3v) is 4.23. The number of hydrogen-bond acceptors (Lipinski definition) is 3. The number of nitrogens with one attached hydrogen (secondary N) is 1. The number of rotatable bonds is 3. The van der Waals surface area contributed by atoms with Crippen LogP contribution in [0.3, 0.4) is 0 Å². The van der Waals surface area contributed by atoms with Gasteiger partial charge in [0, 0.05) is 24.9 Å². The molecule has 2 heterocycles. The fraction of sp³-hybridized carbons (Fsp3) is 0.500. The van der Waals surface area contributed by atoms with Gasteiger partial charge in [-0.1, -0.05) is 11.6 Å². The van der Waals surface area contributed by atoms with E-state index in [1.165, 1.54) is 11.3 Å². The normalized spacial score (nSPS) is 19.4. The summed E-state index contributed by atoms with van der Waals surface area (Å²) in [6.45, 7) is 1.02. The molecule has 0 radical (unpaired) electrons. The summed E-state index contributed by atoms with van der Waals surface area (Å²) in [6.07, 6.45) is 1.08. The number of carbonyl (C=O) groups excluding carboxylic acids is 2. The topological polar surface area (TPSA) is 49.4 Å². The van der Waals surface area contributed by atoms with E-state index in [0.29, 0.717) is 25.9 Å². The van der Waals surface area contributed by atoms with E-state index >= 15 is 0 Å². The Morgan fingerprint density at radius 1 is 1.61 bits per heavy atom. The number of thiophene rings is 1. The number of amides is 2. The minimum absolute atomic E-state index is 0.0340. The Balaban J connectivity index is 1.90. The first-order valence-corrected chi connectivity index (χ1v) is 7.01. The summed E-state index contributed by atoms with van der Waals surface area (Å²) in [5.74, 6) is 0.0226. The SMILES string of the molecule is CN(Cc1ccc(Cl)s1)C(=O)[C@@H]1CCC(=O)NC1. The quantitative estimate of drug-likeness (QED) is 0.922. The number of carbonyl (C=O) groups is 2. The Hall–Kier alpha value is -1.07. The molecule has 1 atom stereocenters. The van der Waals surface area contributed by atoms with Gasteiger partial charge in [0.2, 0.25) is 11.8 Å². The van der Waals surface area contributed by atoms with Crippen LogP contribution in [0.1, 0.15) is 17.7 Å². The van der Waals surface area contributed by atoms with Crippen molar-refractivity contribution in [2.45, 2.75) is 19.4 Å². The summed E-state index contributed by atoms with van der Waals surface area (Å²) < 4.78 is 0.732. The lowest BCUT2D eigenvalue weighted by molar-refractivity contribution is -0.136. The van der Waals surface area contributed by atoms with Crippen LogP contribution in [0.15, 0.2) is 12.1 Å². The molecule has 18 heavy (non-hydrogen) atoms. The van der Waals surface area contributed by atoms with E-state index in [2.05, 4.69) is 5.32 Å². The maximum absolute atomic E-state index is 12.2. The monoisotopic (exact) mass is 286 g/mol. The number of hydrogen-bond donors (Lipinski definition) is 1. The van der Waals surface area contributed by atoms with Crippen LogP contribution in [-0.4, -0.2) is 30.3 Å². The highest BCUT2D eigenvalue weighted by Gasteiger charge is 2.26. The molecule has 1 aliphatic rings. The van der Waals surface area contributed by atoms with Crippen molar-refractivity contribution in [3.8, 4) is 0 Å². The predicted molar refractivity (Wildman–Crippen MR) is 71.5 cm³/mol. The summed E-state index contributed by atoms with van der Waals surface area (Å²) in [6, 6.07) is 3.76. The van der Waals surface area contributed by atoms with Crippen molar-refractivity contribution in [3.05, 3.63) is 21.3 Å². The molecule has 0 aliphatic carbocycles. The van der Waals surface area contributed by atoms with Gasteiger partial charge in [-0.2, -0.15) is 0 Å². The molecule has 1 aromatic heterocycles. The summed E-state index contributed by atoms with van der Waals surface area (Å²) in [4.78, 5) is 26.0. The Labute approximate surface area is 115 Å². The highest BCUT2D eigenvalue weighted by atomic mass is 35.5.